The van der Waals surface area contributed by atoms with E-state index in [-0.39, 0.29) is 5.91 Å². The monoisotopic (exact) mass is 377 g/mol. The first-order valence-corrected chi connectivity index (χ1v) is 9.72. The van der Waals surface area contributed by atoms with Crippen molar-refractivity contribution in [2.45, 2.75) is 29.6 Å². The fraction of sp³-hybridized carbons (Fsp3) is 0.174. The number of para-hydroxylation sites is 1. The molecule has 0 spiro atoms. The molecule has 0 fully saturated rings. The number of rotatable bonds is 7. The van der Waals surface area contributed by atoms with Gasteiger partial charge in [-0.05, 0) is 54.8 Å². The van der Waals surface area contributed by atoms with E-state index in [0.29, 0.717) is 12.8 Å². The third-order valence-corrected chi connectivity index (χ3v) is 5.32. The van der Waals surface area contributed by atoms with Gasteiger partial charge in [0.25, 0.3) is 0 Å². The summed E-state index contributed by atoms with van der Waals surface area (Å²) >= 11 is 1.65. The molecule has 4 heteroatoms. The lowest BCUT2D eigenvalue weighted by atomic mass is 10.1. The Labute approximate surface area is 164 Å². The van der Waals surface area contributed by atoms with Crippen LogP contribution in [0, 0.1) is 6.92 Å². The average Bonchev–Trinajstić information content (AvgIpc) is 2.69. The average molecular weight is 378 g/mol. The summed E-state index contributed by atoms with van der Waals surface area (Å²) in [6, 6.07) is 24.1. The minimum absolute atomic E-state index is 0.0181. The number of nitrogens with one attached hydrogen (secondary N) is 1. The third-order valence-electron chi connectivity index (χ3n) is 4.23. The zero-order chi connectivity index (χ0) is 19.1. The predicted octanol–water partition coefficient (Wildman–Crippen LogP) is 5.73. The van der Waals surface area contributed by atoms with Crippen LogP contribution in [0.1, 0.15) is 17.5 Å². The van der Waals surface area contributed by atoms with Crippen molar-refractivity contribution in [1.29, 1.82) is 0 Å². The number of methoxy groups -OCH3 is 1. The van der Waals surface area contributed by atoms with Gasteiger partial charge >= 0.3 is 0 Å². The van der Waals surface area contributed by atoms with Gasteiger partial charge in [-0.15, -0.1) is 0 Å². The van der Waals surface area contributed by atoms with E-state index in [4.69, 9.17) is 4.74 Å². The van der Waals surface area contributed by atoms with Crippen molar-refractivity contribution in [3.8, 4) is 5.75 Å². The lowest BCUT2D eigenvalue weighted by Crippen LogP contribution is -2.13. The highest BCUT2D eigenvalue weighted by molar-refractivity contribution is 7.99. The molecule has 3 nitrogen and oxygen atoms in total. The highest BCUT2D eigenvalue weighted by Crippen LogP contribution is 2.33. The fourth-order valence-corrected chi connectivity index (χ4v) is 3.76. The first-order chi connectivity index (χ1) is 13.2. The maximum Gasteiger partial charge on any atom is 0.224 e. The Hall–Kier alpha value is -2.72. The van der Waals surface area contributed by atoms with Crippen molar-refractivity contribution in [3.63, 3.8) is 0 Å². The Bertz CT molecular complexity index is 909. The molecule has 0 unspecified atom stereocenters. The molecule has 0 saturated carbocycles. The number of ether oxygens (including phenoxy) is 1. The number of amides is 1. The Morgan fingerprint density at radius 3 is 2.48 bits per heavy atom. The van der Waals surface area contributed by atoms with Gasteiger partial charge < -0.3 is 10.1 Å². The zero-order valence-electron chi connectivity index (χ0n) is 15.6. The zero-order valence-corrected chi connectivity index (χ0v) is 16.4. The van der Waals surface area contributed by atoms with Crippen LogP contribution in [0.2, 0.25) is 0 Å². The van der Waals surface area contributed by atoms with Crippen LogP contribution < -0.4 is 10.1 Å². The summed E-state index contributed by atoms with van der Waals surface area (Å²) < 4.78 is 5.28. The van der Waals surface area contributed by atoms with Crippen molar-refractivity contribution >= 4 is 23.4 Å². The minimum atomic E-state index is 0.0181. The highest BCUT2D eigenvalue weighted by atomic mass is 32.2. The smallest absolute Gasteiger partial charge is 0.224 e. The lowest BCUT2D eigenvalue weighted by Gasteiger charge is -2.11. The van der Waals surface area contributed by atoms with Gasteiger partial charge in [-0.1, -0.05) is 54.2 Å². The Morgan fingerprint density at radius 2 is 1.74 bits per heavy atom. The second kappa shape index (κ2) is 9.28. The summed E-state index contributed by atoms with van der Waals surface area (Å²) in [5.41, 5.74) is 3.07. The van der Waals surface area contributed by atoms with Crippen molar-refractivity contribution in [2.75, 3.05) is 12.4 Å². The van der Waals surface area contributed by atoms with E-state index in [1.54, 1.807) is 18.9 Å². The van der Waals surface area contributed by atoms with Crippen molar-refractivity contribution in [3.05, 3.63) is 83.9 Å². The summed E-state index contributed by atoms with van der Waals surface area (Å²) in [5.74, 6) is 0.889. The first kappa shape index (κ1) is 19.1. The molecule has 0 aliphatic rings. The molecule has 0 bridgehead atoms. The largest absolute Gasteiger partial charge is 0.496 e. The van der Waals surface area contributed by atoms with Crippen LogP contribution in [0.15, 0.2) is 82.6 Å². The standard InChI is InChI=1S/C23H23NO2S/c1-17-16-18(12-14-21(17)26-2)13-15-23(25)24-20-10-6-7-11-22(20)27-19-8-4-3-5-9-19/h3-12,14,16H,13,15H2,1-2H3,(H,24,25). The van der Waals surface area contributed by atoms with Gasteiger partial charge in [-0.3, -0.25) is 4.79 Å². The normalized spacial score (nSPS) is 10.4. The van der Waals surface area contributed by atoms with Gasteiger partial charge in [0.15, 0.2) is 0 Å². The molecular weight excluding hydrogens is 354 g/mol. The van der Waals surface area contributed by atoms with Crippen LogP contribution in [0.3, 0.4) is 0 Å². The van der Waals surface area contributed by atoms with E-state index in [1.807, 2.05) is 61.5 Å². The molecule has 1 amide bonds. The maximum atomic E-state index is 12.5. The first-order valence-electron chi connectivity index (χ1n) is 8.91. The fourth-order valence-electron chi connectivity index (χ4n) is 2.84. The second-order valence-electron chi connectivity index (χ2n) is 6.26. The summed E-state index contributed by atoms with van der Waals surface area (Å²) in [7, 11) is 1.67. The van der Waals surface area contributed by atoms with E-state index in [1.165, 1.54) is 0 Å². The second-order valence-corrected chi connectivity index (χ2v) is 7.38. The number of aryl methyl sites for hydroxylation is 2. The molecular formula is C23H23NO2S. The van der Waals surface area contributed by atoms with Crippen molar-refractivity contribution < 1.29 is 9.53 Å². The molecule has 0 radical (unpaired) electrons. The summed E-state index contributed by atoms with van der Waals surface area (Å²) in [6.07, 6.45) is 1.14. The summed E-state index contributed by atoms with van der Waals surface area (Å²) in [6.45, 7) is 2.01. The SMILES string of the molecule is COc1ccc(CCC(=O)Nc2ccccc2Sc2ccccc2)cc1C. The van der Waals surface area contributed by atoms with Crippen LogP contribution in [0.5, 0.6) is 5.75 Å². The quantitative estimate of drug-likeness (QED) is 0.572. The van der Waals surface area contributed by atoms with Gasteiger partial charge in [0.1, 0.15) is 5.75 Å². The molecule has 0 saturated heterocycles. The van der Waals surface area contributed by atoms with Crippen LogP contribution in [-0.4, -0.2) is 13.0 Å². The molecule has 0 aliphatic heterocycles. The lowest BCUT2D eigenvalue weighted by molar-refractivity contribution is -0.116. The number of benzene rings is 3. The predicted molar refractivity (Wildman–Crippen MR) is 112 cm³/mol. The minimum Gasteiger partial charge on any atom is -0.496 e. The van der Waals surface area contributed by atoms with E-state index >= 15 is 0 Å². The van der Waals surface area contributed by atoms with Crippen LogP contribution in [0.4, 0.5) is 5.69 Å². The third kappa shape index (κ3) is 5.38. The summed E-state index contributed by atoms with van der Waals surface area (Å²) in [5, 5.41) is 3.05. The Balaban J connectivity index is 1.62. The van der Waals surface area contributed by atoms with E-state index in [2.05, 4.69) is 23.5 Å². The van der Waals surface area contributed by atoms with Gasteiger partial charge in [0, 0.05) is 16.2 Å². The van der Waals surface area contributed by atoms with Crippen LogP contribution in [0.25, 0.3) is 0 Å². The van der Waals surface area contributed by atoms with Crippen LogP contribution >= 0.6 is 11.8 Å². The van der Waals surface area contributed by atoms with E-state index in [9.17, 15) is 4.79 Å². The molecule has 0 heterocycles. The molecule has 3 aromatic rings. The number of carbonyl (C=O) groups is 1. The molecule has 1 N–H and O–H groups in total. The van der Waals surface area contributed by atoms with Crippen molar-refractivity contribution in [1.82, 2.24) is 0 Å². The highest BCUT2D eigenvalue weighted by Gasteiger charge is 2.09. The number of hydrogen-bond donors (Lipinski definition) is 1. The van der Waals surface area contributed by atoms with E-state index in [0.717, 1.165) is 32.4 Å². The Morgan fingerprint density at radius 1 is 1.00 bits per heavy atom. The molecule has 3 aromatic carbocycles. The molecule has 138 valence electrons. The van der Waals surface area contributed by atoms with Gasteiger partial charge in [-0.25, -0.2) is 0 Å². The van der Waals surface area contributed by atoms with Gasteiger partial charge in [-0.2, -0.15) is 0 Å². The van der Waals surface area contributed by atoms with Crippen LogP contribution in [-0.2, 0) is 11.2 Å². The number of hydrogen-bond acceptors (Lipinski definition) is 3. The summed E-state index contributed by atoms with van der Waals surface area (Å²) in [4.78, 5) is 14.6. The molecule has 27 heavy (non-hydrogen) atoms. The van der Waals surface area contributed by atoms with E-state index < -0.39 is 0 Å². The molecule has 0 atom stereocenters. The number of anilines is 1. The van der Waals surface area contributed by atoms with Crippen molar-refractivity contribution in [2.24, 2.45) is 0 Å². The number of carbonyl (C=O) groups excluding carboxylic acids is 1. The topological polar surface area (TPSA) is 38.3 Å². The maximum absolute atomic E-state index is 12.5. The molecule has 3 rings (SSSR count). The molecule has 0 aromatic heterocycles. The van der Waals surface area contributed by atoms with Gasteiger partial charge in [0.2, 0.25) is 5.91 Å². The Kier molecular flexibility index (Phi) is 6.55. The van der Waals surface area contributed by atoms with Gasteiger partial charge in [0.05, 0.1) is 12.8 Å². The molecule has 0 aliphatic carbocycles.